The Kier molecular flexibility index (Phi) is 9.30. The molecule has 2 aromatic carbocycles. The smallest absolute Gasteiger partial charge is 0.156 e. The molecule has 2 aromatic rings. The molecule has 2 fully saturated rings. The third kappa shape index (κ3) is 6.52. The van der Waals surface area contributed by atoms with Crippen LogP contribution in [0.15, 0.2) is 18.2 Å². The lowest BCUT2D eigenvalue weighted by atomic mass is 9.78. The predicted molar refractivity (Wildman–Crippen MR) is 166 cm³/mol. The summed E-state index contributed by atoms with van der Waals surface area (Å²) in [5.41, 5.74) is 26.7. The zero-order valence-electron chi connectivity index (χ0n) is 24.7. The zero-order chi connectivity index (χ0) is 27.4. The van der Waals surface area contributed by atoms with E-state index in [1.807, 2.05) is 0 Å². The van der Waals surface area contributed by atoms with Crippen LogP contribution in [-0.2, 0) is 19.3 Å². The van der Waals surface area contributed by atoms with Crippen LogP contribution in [0, 0.1) is 23.7 Å². The normalized spacial score (nSPS) is 24.6. The van der Waals surface area contributed by atoms with Gasteiger partial charge in [0.1, 0.15) is 0 Å². The second-order valence-electron chi connectivity index (χ2n) is 13.2. The number of rotatable bonds is 10. The maximum Gasteiger partial charge on any atom is 0.156 e. The number of hydrogen-bond donors (Lipinski definition) is 3. The van der Waals surface area contributed by atoms with E-state index in [0.717, 1.165) is 71.2 Å². The van der Waals surface area contributed by atoms with Crippen LogP contribution in [-0.4, -0.2) is 0 Å². The van der Waals surface area contributed by atoms with Gasteiger partial charge in [0.05, 0.1) is 17.1 Å². The lowest BCUT2D eigenvalue weighted by Gasteiger charge is -2.29. The first-order valence-electron chi connectivity index (χ1n) is 16.2. The van der Waals surface area contributed by atoms with Crippen molar-refractivity contribution >= 4 is 17.1 Å². The molecule has 1 aliphatic heterocycles. The van der Waals surface area contributed by atoms with E-state index in [2.05, 4.69) is 32.0 Å². The monoisotopic (exact) mass is 531 g/mol. The van der Waals surface area contributed by atoms with E-state index >= 15 is 0 Å². The highest BCUT2D eigenvalue weighted by Crippen LogP contribution is 2.47. The van der Waals surface area contributed by atoms with Crippen molar-refractivity contribution in [2.75, 3.05) is 17.2 Å². The minimum Gasteiger partial charge on any atom is -0.452 e. The number of fused-ring (bicyclic) bond motifs is 2. The van der Waals surface area contributed by atoms with Gasteiger partial charge in [-0.05, 0) is 66.5 Å². The van der Waals surface area contributed by atoms with E-state index in [9.17, 15) is 0 Å². The van der Waals surface area contributed by atoms with Gasteiger partial charge in [0, 0.05) is 17.5 Å². The van der Waals surface area contributed by atoms with Crippen LogP contribution in [0.25, 0.3) is 0 Å². The van der Waals surface area contributed by atoms with Gasteiger partial charge in [-0.15, -0.1) is 0 Å². The SMILES string of the molecule is CCCC1CCC(CCc2cc3c(c(N)c2N)Oc2c(ccc(CCC4CCC(CCC)CC4)c2N)C3)CC1. The van der Waals surface area contributed by atoms with E-state index in [0.29, 0.717) is 11.4 Å². The highest BCUT2D eigenvalue weighted by atomic mass is 16.5. The van der Waals surface area contributed by atoms with E-state index in [1.54, 1.807) is 0 Å². The highest BCUT2D eigenvalue weighted by molar-refractivity contribution is 5.79. The van der Waals surface area contributed by atoms with Gasteiger partial charge in [-0.2, -0.15) is 0 Å². The van der Waals surface area contributed by atoms with Crippen LogP contribution >= 0.6 is 0 Å². The Morgan fingerprint density at radius 3 is 1.62 bits per heavy atom. The molecule has 6 N–H and O–H groups in total. The van der Waals surface area contributed by atoms with Crippen molar-refractivity contribution < 1.29 is 4.74 Å². The van der Waals surface area contributed by atoms with Crippen LogP contribution in [0.5, 0.6) is 11.5 Å². The van der Waals surface area contributed by atoms with Crippen LogP contribution in [0.3, 0.4) is 0 Å². The highest BCUT2D eigenvalue weighted by Gasteiger charge is 2.27. The lowest BCUT2D eigenvalue weighted by Crippen LogP contribution is -2.16. The van der Waals surface area contributed by atoms with Crippen molar-refractivity contribution in [3.8, 4) is 11.5 Å². The minimum atomic E-state index is 0.591. The summed E-state index contributed by atoms with van der Waals surface area (Å²) in [5.74, 6) is 5.08. The molecule has 0 atom stereocenters. The first-order chi connectivity index (χ1) is 19.0. The Morgan fingerprint density at radius 2 is 1.08 bits per heavy atom. The van der Waals surface area contributed by atoms with E-state index < -0.39 is 0 Å². The summed E-state index contributed by atoms with van der Waals surface area (Å²) in [6, 6.07) is 6.72. The third-order valence-electron chi connectivity index (χ3n) is 10.4. The molecule has 0 unspecified atom stereocenters. The lowest BCUT2D eigenvalue weighted by molar-refractivity contribution is 0.252. The molecule has 0 aromatic heterocycles. The number of aryl methyl sites for hydroxylation is 2. The topological polar surface area (TPSA) is 87.3 Å². The number of nitrogens with two attached hydrogens (primary N) is 3. The van der Waals surface area contributed by atoms with Gasteiger partial charge in [-0.3, -0.25) is 0 Å². The molecule has 0 spiro atoms. The van der Waals surface area contributed by atoms with Crippen molar-refractivity contribution in [1.29, 1.82) is 0 Å². The first-order valence-corrected chi connectivity index (χ1v) is 16.2. The van der Waals surface area contributed by atoms with Gasteiger partial charge < -0.3 is 21.9 Å². The summed E-state index contributed by atoms with van der Waals surface area (Å²) in [6.07, 6.45) is 21.8. The molecule has 0 radical (unpaired) electrons. The number of hydrogen-bond acceptors (Lipinski definition) is 4. The molecule has 0 saturated heterocycles. The van der Waals surface area contributed by atoms with Gasteiger partial charge in [-0.1, -0.05) is 103 Å². The molecule has 3 aliphatic rings. The Morgan fingerprint density at radius 1 is 0.590 bits per heavy atom. The molecular weight excluding hydrogens is 478 g/mol. The molecule has 4 heteroatoms. The summed E-state index contributed by atoms with van der Waals surface area (Å²) in [5, 5.41) is 0. The van der Waals surface area contributed by atoms with Crippen LogP contribution < -0.4 is 21.9 Å². The molecule has 214 valence electrons. The van der Waals surface area contributed by atoms with Crippen LogP contribution in [0.2, 0.25) is 0 Å². The minimum absolute atomic E-state index is 0.591. The molecule has 4 nitrogen and oxygen atoms in total. The Bertz CT molecular complexity index is 1110. The van der Waals surface area contributed by atoms with Crippen molar-refractivity contribution in [2.24, 2.45) is 23.7 Å². The standard InChI is InChI=1S/C35H53N3O/c1-3-5-23-7-11-25(12-8-23)15-17-27-19-20-29-22-30-21-28(18-16-26-13-9-24(6-4-2)10-14-26)31(36)33(38)35(30)39-34(29)32(27)37/h19-21,23-26H,3-18,22,36-38H2,1-2H3. The molecule has 5 rings (SSSR count). The first kappa shape index (κ1) is 28.2. The predicted octanol–water partition coefficient (Wildman–Crippen LogP) is 9.21. The second kappa shape index (κ2) is 12.9. The van der Waals surface area contributed by atoms with Crippen LogP contribution in [0.4, 0.5) is 17.1 Å². The molecule has 2 saturated carbocycles. The summed E-state index contributed by atoms with van der Waals surface area (Å²) in [4.78, 5) is 0. The molecule has 2 aliphatic carbocycles. The van der Waals surface area contributed by atoms with E-state index in [4.69, 9.17) is 21.9 Å². The fourth-order valence-electron chi connectivity index (χ4n) is 7.90. The van der Waals surface area contributed by atoms with Crippen molar-refractivity contribution in [3.05, 3.63) is 40.5 Å². The second-order valence-corrected chi connectivity index (χ2v) is 13.2. The van der Waals surface area contributed by atoms with Crippen molar-refractivity contribution in [3.63, 3.8) is 0 Å². The summed E-state index contributed by atoms with van der Waals surface area (Å²) >= 11 is 0. The molecular formula is C35H53N3O. The van der Waals surface area contributed by atoms with E-state index in [-0.39, 0.29) is 0 Å². The maximum atomic E-state index is 6.72. The number of anilines is 3. The zero-order valence-corrected chi connectivity index (χ0v) is 24.7. The number of benzene rings is 2. The largest absolute Gasteiger partial charge is 0.452 e. The van der Waals surface area contributed by atoms with Gasteiger partial charge in [-0.25, -0.2) is 0 Å². The molecule has 0 amide bonds. The summed E-state index contributed by atoms with van der Waals surface area (Å²) < 4.78 is 6.45. The molecule has 39 heavy (non-hydrogen) atoms. The fraction of sp³-hybridized carbons (Fsp3) is 0.657. The van der Waals surface area contributed by atoms with E-state index in [1.165, 1.54) is 101 Å². The maximum absolute atomic E-state index is 6.72. The van der Waals surface area contributed by atoms with Crippen LogP contribution in [0.1, 0.15) is 126 Å². The molecule has 1 heterocycles. The number of nitrogen functional groups attached to an aromatic ring is 3. The van der Waals surface area contributed by atoms with Gasteiger partial charge in [0.15, 0.2) is 11.5 Å². The average molecular weight is 532 g/mol. The average Bonchev–Trinajstić information content (AvgIpc) is 2.95. The quantitative estimate of drug-likeness (QED) is 0.228. The van der Waals surface area contributed by atoms with Gasteiger partial charge in [0.25, 0.3) is 0 Å². The summed E-state index contributed by atoms with van der Waals surface area (Å²) in [7, 11) is 0. The Balaban J connectivity index is 1.21. The Labute approximate surface area is 237 Å². The molecule has 0 bridgehead atoms. The third-order valence-corrected chi connectivity index (χ3v) is 10.4. The Hall–Kier alpha value is -2.36. The summed E-state index contributed by atoms with van der Waals surface area (Å²) in [6.45, 7) is 4.62. The number of ether oxygens (including phenoxy) is 1. The fourth-order valence-corrected chi connectivity index (χ4v) is 7.90. The van der Waals surface area contributed by atoms with Crippen molar-refractivity contribution in [1.82, 2.24) is 0 Å². The van der Waals surface area contributed by atoms with Gasteiger partial charge >= 0.3 is 0 Å². The van der Waals surface area contributed by atoms with Crippen molar-refractivity contribution in [2.45, 2.75) is 123 Å². The van der Waals surface area contributed by atoms with Gasteiger partial charge in [0.2, 0.25) is 0 Å².